The highest BCUT2D eigenvalue weighted by molar-refractivity contribution is 4.98. The van der Waals surface area contributed by atoms with Crippen LogP contribution in [0.2, 0.25) is 0 Å². The molecule has 4 bridgehead atoms. The van der Waals surface area contributed by atoms with Crippen molar-refractivity contribution in [2.24, 2.45) is 17.8 Å². The van der Waals surface area contributed by atoms with E-state index in [1.54, 1.807) is 0 Å². The van der Waals surface area contributed by atoms with E-state index in [1.165, 1.54) is 38.6 Å². The predicted molar refractivity (Wildman–Crippen MR) is 51.3 cm³/mol. The summed E-state index contributed by atoms with van der Waals surface area (Å²) in [7, 11) is 1.87. The summed E-state index contributed by atoms with van der Waals surface area (Å²) in [5, 5.41) is 3.65. The molecule has 0 aromatic carbocycles. The zero-order chi connectivity index (χ0) is 8.89. The van der Waals surface area contributed by atoms with Crippen LogP contribution in [-0.2, 0) is 4.74 Å². The van der Waals surface area contributed by atoms with Gasteiger partial charge in [0.2, 0.25) is 0 Å². The molecule has 4 atom stereocenters. The molecule has 0 spiro atoms. The zero-order valence-electron chi connectivity index (χ0n) is 8.38. The summed E-state index contributed by atoms with van der Waals surface area (Å²) in [5.41, 5.74) is 0.0683. The van der Waals surface area contributed by atoms with Gasteiger partial charge in [0, 0.05) is 13.7 Å². The van der Waals surface area contributed by atoms with Gasteiger partial charge < -0.3 is 4.74 Å². The fraction of sp³-hybridized carbons (Fsp3) is 1.00. The van der Waals surface area contributed by atoms with Crippen LogP contribution in [0.3, 0.4) is 0 Å². The van der Waals surface area contributed by atoms with Crippen molar-refractivity contribution in [3.63, 3.8) is 0 Å². The lowest BCUT2D eigenvalue weighted by Gasteiger charge is -2.43. The molecule has 2 aliphatic heterocycles. The number of nitrogens with one attached hydrogen (secondary N) is 1. The van der Waals surface area contributed by atoms with Crippen molar-refractivity contribution in [1.29, 1.82) is 0 Å². The van der Waals surface area contributed by atoms with Gasteiger partial charge in [-0.3, -0.25) is 5.32 Å². The molecule has 2 saturated heterocycles. The Bertz CT molecular complexity index is 202. The summed E-state index contributed by atoms with van der Waals surface area (Å²) >= 11 is 0. The lowest BCUT2D eigenvalue weighted by molar-refractivity contribution is -0.0899. The average molecular weight is 181 g/mol. The first-order chi connectivity index (χ1) is 6.30. The fourth-order valence-corrected chi connectivity index (χ4v) is 3.93. The number of rotatable bonds is 1. The van der Waals surface area contributed by atoms with E-state index in [2.05, 4.69) is 5.32 Å². The lowest BCUT2D eigenvalue weighted by atomic mass is 9.67. The van der Waals surface area contributed by atoms with Gasteiger partial charge >= 0.3 is 0 Å². The van der Waals surface area contributed by atoms with Crippen LogP contribution in [0.15, 0.2) is 0 Å². The van der Waals surface area contributed by atoms with Crippen LogP contribution >= 0.6 is 0 Å². The molecular weight excluding hydrogens is 162 g/mol. The van der Waals surface area contributed by atoms with E-state index in [4.69, 9.17) is 4.74 Å². The molecule has 1 N–H and O–H groups in total. The van der Waals surface area contributed by atoms with Crippen molar-refractivity contribution < 1.29 is 4.74 Å². The first-order valence-corrected chi connectivity index (χ1v) is 5.60. The number of hydrogen-bond donors (Lipinski definition) is 1. The van der Waals surface area contributed by atoms with E-state index in [0.717, 1.165) is 17.8 Å². The van der Waals surface area contributed by atoms with Crippen molar-refractivity contribution >= 4 is 0 Å². The minimum Gasteiger partial charge on any atom is -0.364 e. The summed E-state index contributed by atoms with van der Waals surface area (Å²) in [6.45, 7) is 1.20. The Morgan fingerprint density at radius 1 is 1.08 bits per heavy atom. The predicted octanol–water partition coefficient (Wildman–Crippen LogP) is 1.76. The summed E-state index contributed by atoms with van der Waals surface area (Å²) in [6.07, 6.45) is 6.90. The lowest BCUT2D eigenvalue weighted by Crippen LogP contribution is -2.50. The smallest absolute Gasteiger partial charge is 0.119 e. The van der Waals surface area contributed by atoms with Gasteiger partial charge in [0.05, 0.1) is 0 Å². The Labute approximate surface area is 80.0 Å². The molecule has 4 aliphatic rings. The third kappa shape index (κ3) is 1.23. The van der Waals surface area contributed by atoms with Gasteiger partial charge in [-0.05, 0) is 49.9 Å². The van der Waals surface area contributed by atoms with Gasteiger partial charge in [-0.25, -0.2) is 0 Å². The molecule has 13 heavy (non-hydrogen) atoms. The highest BCUT2D eigenvalue weighted by Gasteiger charge is 2.47. The van der Waals surface area contributed by atoms with Gasteiger partial charge in [-0.1, -0.05) is 0 Å². The highest BCUT2D eigenvalue weighted by Crippen LogP contribution is 2.49. The maximum absolute atomic E-state index is 5.72. The molecule has 2 heterocycles. The van der Waals surface area contributed by atoms with Gasteiger partial charge in [-0.2, -0.15) is 0 Å². The van der Waals surface area contributed by atoms with Crippen LogP contribution in [0.4, 0.5) is 0 Å². The Balaban J connectivity index is 1.92. The molecule has 2 aliphatic carbocycles. The minimum atomic E-state index is 0.0683. The highest BCUT2D eigenvalue weighted by atomic mass is 16.5. The summed E-state index contributed by atoms with van der Waals surface area (Å²) < 4.78 is 5.72. The monoisotopic (exact) mass is 181 g/mol. The van der Waals surface area contributed by atoms with Crippen LogP contribution in [0.25, 0.3) is 0 Å². The van der Waals surface area contributed by atoms with Crippen LogP contribution in [0.5, 0.6) is 0 Å². The third-order valence-electron chi connectivity index (χ3n) is 4.34. The van der Waals surface area contributed by atoms with Crippen LogP contribution in [0.1, 0.15) is 32.1 Å². The second kappa shape index (κ2) is 2.71. The van der Waals surface area contributed by atoms with Gasteiger partial charge in [-0.15, -0.1) is 0 Å². The van der Waals surface area contributed by atoms with E-state index < -0.39 is 0 Å². The molecule has 2 unspecified atom stereocenters. The van der Waals surface area contributed by atoms with Crippen molar-refractivity contribution in [2.45, 2.75) is 37.8 Å². The number of methoxy groups -OCH3 is 1. The van der Waals surface area contributed by atoms with E-state index in [1.807, 2.05) is 7.11 Å². The summed E-state index contributed by atoms with van der Waals surface area (Å²) in [4.78, 5) is 0. The number of hydrogen-bond acceptors (Lipinski definition) is 2. The summed E-state index contributed by atoms with van der Waals surface area (Å²) in [6, 6.07) is 0. The van der Waals surface area contributed by atoms with E-state index in [9.17, 15) is 0 Å². The number of fused-ring (bicyclic) bond motifs is 1. The standard InChI is InChI=1S/C11H19NO/c1-13-11-5-8-2-9(6-11)4-10(3-8)7-12-11/h8-10,12H,2-7H2,1H3/t8-,9+,10?,11?. The van der Waals surface area contributed by atoms with E-state index in [0.29, 0.717) is 0 Å². The van der Waals surface area contributed by atoms with Crippen LogP contribution in [0, 0.1) is 17.8 Å². The first kappa shape index (κ1) is 8.25. The zero-order valence-corrected chi connectivity index (χ0v) is 8.38. The topological polar surface area (TPSA) is 21.3 Å². The maximum atomic E-state index is 5.72. The average Bonchev–Trinajstić information content (AvgIpc) is 2.32. The Morgan fingerprint density at radius 3 is 2.31 bits per heavy atom. The Hall–Kier alpha value is -0.0800. The van der Waals surface area contributed by atoms with E-state index in [-0.39, 0.29) is 5.72 Å². The van der Waals surface area contributed by atoms with Crippen LogP contribution < -0.4 is 5.32 Å². The minimum absolute atomic E-state index is 0.0683. The van der Waals surface area contributed by atoms with Gasteiger partial charge in [0.25, 0.3) is 0 Å². The van der Waals surface area contributed by atoms with Crippen molar-refractivity contribution in [3.8, 4) is 0 Å². The first-order valence-electron chi connectivity index (χ1n) is 5.60. The number of ether oxygens (including phenoxy) is 1. The Kier molecular flexibility index (Phi) is 1.72. The molecule has 74 valence electrons. The molecule has 2 nitrogen and oxygen atoms in total. The second-order valence-corrected chi connectivity index (χ2v) is 5.29. The SMILES string of the molecule is COC12C[C@@H]3CC(CN1)C[C@@H](C3)C2. The molecule has 2 heteroatoms. The van der Waals surface area contributed by atoms with Crippen molar-refractivity contribution in [2.75, 3.05) is 13.7 Å². The normalized spacial score (nSPS) is 53.8. The van der Waals surface area contributed by atoms with Crippen molar-refractivity contribution in [3.05, 3.63) is 0 Å². The largest absolute Gasteiger partial charge is 0.364 e. The van der Waals surface area contributed by atoms with Crippen molar-refractivity contribution in [1.82, 2.24) is 5.32 Å². The van der Waals surface area contributed by atoms with Gasteiger partial charge in [0.15, 0.2) is 0 Å². The second-order valence-electron chi connectivity index (χ2n) is 5.29. The van der Waals surface area contributed by atoms with Crippen LogP contribution in [-0.4, -0.2) is 19.4 Å². The molecule has 0 radical (unpaired) electrons. The van der Waals surface area contributed by atoms with Gasteiger partial charge in [0.1, 0.15) is 5.72 Å². The molecule has 2 saturated carbocycles. The maximum Gasteiger partial charge on any atom is 0.119 e. The summed E-state index contributed by atoms with van der Waals surface area (Å²) in [5.74, 6) is 2.85. The molecule has 0 amide bonds. The Morgan fingerprint density at radius 2 is 1.69 bits per heavy atom. The quantitative estimate of drug-likeness (QED) is 0.665. The molecule has 0 aromatic rings. The molecule has 0 aromatic heterocycles. The molecule has 4 fully saturated rings. The van der Waals surface area contributed by atoms with E-state index >= 15 is 0 Å². The molecule has 4 rings (SSSR count). The third-order valence-corrected chi connectivity index (χ3v) is 4.34. The fourth-order valence-electron chi connectivity index (χ4n) is 3.93. The molecular formula is C11H19NO.